The molecule has 1 fully saturated rings. The first-order valence-corrected chi connectivity index (χ1v) is 7.88. The van der Waals surface area contributed by atoms with Gasteiger partial charge in [-0.15, -0.1) is 0 Å². The minimum atomic E-state index is -0.805. The van der Waals surface area contributed by atoms with Gasteiger partial charge in [0.15, 0.2) is 0 Å². The lowest BCUT2D eigenvalue weighted by molar-refractivity contribution is -0.138. The average Bonchev–Trinajstić information content (AvgIpc) is 2.54. The number of rotatable bonds is 4. The van der Waals surface area contributed by atoms with Crippen molar-refractivity contribution in [1.82, 2.24) is 9.80 Å². The van der Waals surface area contributed by atoms with Crippen molar-refractivity contribution in [3.63, 3.8) is 0 Å². The molecule has 120 valence electrons. The van der Waals surface area contributed by atoms with Gasteiger partial charge in [-0.25, -0.2) is 0 Å². The van der Waals surface area contributed by atoms with Crippen molar-refractivity contribution in [3.8, 4) is 0 Å². The van der Waals surface area contributed by atoms with Crippen LogP contribution in [0.1, 0.15) is 37.0 Å². The van der Waals surface area contributed by atoms with Crippen molar-refractivity contribution in [3.05, 3.63) is 35.9 Å². The van der Waals surface area contributed by atoms with Crippen molar-refractivity contribution in [1.29, 1.82) is 0 Å². The van der Waals surface area contributed by atoms with E-state index in [0.29, 0.717) is 38.2 Å². The summed E-state index contributed by atoms with van der Waals surface area (Å²) in [6, 6.07) is 9.24. The predicted octanol–water partition coefficient (Wildman–Crippen LogP) is 1.49. The third-order valence-corrected chi connectivity index (χ3v) is 4.13. The summed E-state index contributed by atoms with van der Waals surface area (Å²) in [5.74, 6) is 0.0120. The fraction of sp³-hybridized carbons (Fsp3) is 0.529. The van der Waals surface area contributed by atoms with Crippen LogP contribution in [-0.4, -0.2) is 53.3 Å². The van der Waals surface area contributed by atoms with Gasteiger partial charge in [-0.05, 0) is 25.5 Å². The number of nitrogens with two attached hydrogens (primary N) is 1. The van der Waals surface area contributed by atoms with Gasteiger partial charge in [0, 0.05) is 31.7 Å². The van der Waals surface area contributed by atoms with Crippen LogP contribution in [0.3, 0.4) is 0 Å². The summed E-state index contributed by atoms with van der Waals surface area (Å²) < 4.78 is 0. The first-order chi connectivity index (χ1) is 10.5. The number of hydrogen-bond donors (Lipinski definition) is 1. The van der Waals surface area contributed by atoms with Gasteiger partial charge in [0.25, 0.3) is 5.91 Å². The number of nitrogens with zero attached hydrogens (tertiary/aromatic N) is 2. The molecule has 0 bridgehead atoms. The Balaban J connectivity index is 1.93. The highest BCUT2D eigenvalue weighted by atomic mass is 16.2. The fourth-order valence-corrected chi connectivity index (χ4v) is 2.86. The number of piperazine rings is 1. The Kier molecular flexibility index (Phi) is 5.19. The molecule has 1 saturated heterocycles. The van der Waals surface area contributed by atoms with Crippen LogP contribution in [0.25, 0.3) is 0 Å². The minimum Gasteiger partial charge on any atom is -0.338 e. The molecule has 1 aromatic rings. The third-order valence-electron chi connectivity index (χ3n) is 4.13. The van der Waals surface area contributed by atoms with Gasteiger partial charge in [0.2, 0.25) is 5.91 Å². The molecule has 1 aliphatic heterocycles. The van der Waals surface area contributed by atoms with Gasteiger partial charge in [0.05, 0.1) is 5.54 Å². The summed E-state index contributed by atoms with van der Waals surface area (Å²) in [6.45, 7) is 6.03. The van der Waals surface area contributed by atoms with Crippen molar-refractivity contribution in [2.75, 3.05) is 26.2 Å². The summed E-state index contributed by atoms with van der Waals surface area (Å²) in [4.78, 5) is 28.4. The van der Waals surface area contributed by atoms with Crippen LogP contribution >= 0.6 is 0 Å². The van der Waals surface area contributed by atoms with E-state index in [2.05, 4.69) is 0 Å². The molecule has 1 heterocycles. The molecular formula is C17H25N3O2. The second-order valence-corrected chi connectivity index (χ2v) is 6.12. The molecular weight excluding hydrogens is 278 g/mol. The number of benzene rings is 1. The zero-order chi connectivity index (χ0) is 16.2. The standard InChI is InChI=1S/C17H25N3O2/c1-3-9-17(2,18)16(22)20-12-10-19(11-13-20)15(21)14-7-5-4-6-8-14/h4-8H,3,9-13,18H2,1-2H3. The third kappa shape index (κ3) is 3.65. The first-order valence-electron chi connectivity index (χ1n) is 7.88. The lowest BCUT2D eigenvalue weighted by atomic mass is 9.95. The van der Waals surface area contributed by atoms with Crippen molar-refractivity contribution in [2.45, 2.75) is 32.2 Å². The number of carbonyl (C=O) groups is 2. The highest BCUT2D eigenvalue weighted by Gasteiger charge is 2.34. The predicted molar refractivity (Wildman–Crippen MR) is 86.4 cm³/mol. The first kappa shape index (κ1) is 16.5. The number of hydrogen-bond acceptors (Lipinski definition) is 3. The van der Waals surface area contributed by atoms with Gasteiger partial charge in [0.1, 0.15) is 0 Å². The van der Waals surface area contributed by atoms with E-state index in [0.717, 1.165) is 6.42 Å². The van der Waals surface area contributed by atoms with Crippen LogP contribution in [0.15, 0.2) is 30.3 Å². The second kappa shape index (κ2) is 6.92. The average molecular weight is 303 g/mol. The molecule has 0 aromatic heterocycles. The molecule has 2 amide bonds. The number of amides is 2. The quantitative estimate of drug-likeness (QED) is 0.916. The van der Waals surface area contributed by atoms with E-state index in [1.807, 2.05) is 37.3 Å². The zero-order valence-electron chi connectivity index (χ0n) is 13.4. The SMILES string of the molecule is CCCC(C)(N)C(=O)N1CCN(C(=O)c2ccccc2)CC1. The Labute approximate surface area is 132 Å². The molecule has 5 nitrogen and oxygen atoms in total. The lowest BCUT2D eigenvalue weighted by Crippen LogP contribution is -2.58. The minimum absolute atomic E-state index is 0.0128. The van der Waals surface area contributed by atoms with Crippen LogP contribution < -0.4 is 5.73 Å². The van der Waals surface area contributed by atoms with E-state index < -0.39 is 5.54 Å². The Bertz CT molecular complexity index is 520. The second-order valence-electron chi connectivity index (χ2n) is 6.12. The van der Waals surface area contributed by atoms with E-state index in [4.69, 9.17) is 5.73 Å². The van der Waals surface area contributed by atoms with Gasteiger partial charge in [-0.2, -0.15) is 0 Å². The smallest absolute Gasteiger partial charge is 0.253 e. The van der Waals surface area contributed by atoms with Crippen LogP contribution in [0.4, 0.5) is 0 Å². The monoisotopic (exact) mass is 303 g/mol. The Hall–Kier alpha value is -1.88. The van der Waals surface area contributed by atoms with Crippen molar-refractivity contribution < 1.29 is 9.59 Å². The molecule has 2 N–H and O–H groups in total. The largest absolute Gasteiger partial charge is 0.338 e. The molecule has 2 rings (SSSR count). The Morgan fingerprint density at radius 2 is 1.64 bits per heavy atom. The normalized spacial score (nSPS) is 18.0. The highest BCUT2D eigenvalue weighted by molar-refractivity contribution is 5.94. The van der Waals surface area contributed by atoms with Crippen molar-refractivity contribution >= 4 is 11.8 Å². The molecule has 1 aromatic carbocycles. The van der Waals surface area contributed by atoms with E-state index in [1.165, 1.54) is 0 Å². The summed E-state index contributed by atoms with van der Waals surface area (Å²) in [7, 11) is 0. The summed E-state index contributed by atoms with van der Waals surface area (Å²) in [5.41, 5.74) is 6.00. The summed E-state index contributed by atoms with van der Waals surface area (Å²) >= 11 is 0. The Morgan fingerprint density at radius 3 is 2.18 bits per heavy atom. The molecule has 5 heteroatoms. The molecule has 1 unspecified atom stereocenters. The molecule has 22 heavy (non-hydrogen) atoms. The Morgan fingerprint density at radius 1 is 1.09 bits per heavy atom. The maximum atomic E-state index is 12.5. The topological polar surface area (TPSA) is 66.6 Å². The molecule has 0 radical (unpaired) electrons. The van der Waals surface area contributed by atoms with Crippen LogP contribution in [0.5, 0.6) is 0 Å². The molecule has 1 atom stereocenters. The summed E-state index contributed by atoms with van der Waals surface area (Å²) in [5, 5.41) is 0. The maximum Gasteiger partial charge on any atom is 0.253 e. The molecule has 0 spiro atoms. The lowest BCUT2D eigenvalue weighted by Gasteiger charge is -2.38. The van der Waals surface area contributed by atoms with Crippen LogP contribution in [-0.2, 0) is 4.79 Å². The van der Waals surface area contributed by atoms with E-state index in [-0.39, 0.29) is 11.8 Å². The van der Waals surface area contributed by atoms with Gasteiger partial charge in [-0.3, -0.25) is 9.59 Å². The van der Waals surface area contributed by atoms with Gasteiger partial charge in [-0.1, -0.05) is 31.5 Å². The molecule has 1 aliphatic rings. The summed E-state index contributed by atoms with van der Waals surface area (Å²) in [6.07, 6.45) is 1.56. The number of carbonyl (C=O) groups excluding carboxylic acids is 2. The zero-order valence-corrected chi connectivity index (χ0v) is 13.4. The fourth-order valence-electron chi connectivity index (χ4n) is 2.86. The molecule has 0 aliphatic carbocycles. The molecule has 0 saturated carbocycles. The van der Waals surface area contributed by atoms with Gasteiger partial charge >= 0.3 is 0 Å². The van der Waals surface area contributed by atoms with Crippen LogP contribution in [0.2, 0.25) is 0 Å². The van der Waals surface area contributed by atoms with Gasteiger partial charge < -0.3 is 15.5 Å². The van der Waals surface area contributed by atoms with Crippen LogP contribution in [0, 0.1) is 0 Å². The van der Waals surface area contributed by atoms with E-state index >= 15 is 0 Å². The maximum absolute atomic E-state index is 12.5. The van der Waals surface area contributed by atoms with Crippen molar-refractivity contribution in [2.24, 2.45) is 5.73 Å². The van der Waals surface area contributed by atoms with E-state index in [1.54, 1.807) is 16.7 Å². The highest BCUT2D eigenvalue weighted by Crippen LogP contribution is 2.15. The van der Waals surface area contributed by atoms with E-state index in [9.17, 15) is 9.59 Å².